The van der Waals surface area contributed by atoms with Gasteiger partial charge < -0.3 is 9.80 Å². The van der Waals surface area contributed by atoms with Crippen LogP contribution < -0.4 is 5.56 Å². The zero-order chi connectivity index (χ0) is 22.8. The molecule has 1 aromatic carbocycles. The number of hydrogen-bond acceptors (Lipinski definition) is 6. The summed E-state index contributed by atoms with van der Waals surface area (Å²) in [5.41, 5.74) is 0.382. The van der Waals surface area contributed by atoms with Gasteiger partial charge in [0.05, 0.1) is 21.5 Å². The molecule has 3 heterocycles. The first kappa shape index (κ1) is 22.8. The quantitative estimate of drug-likeness (QED) is 0.402. The molecule has 3 aromatic rings. The second-order valence-corrected chi connectivity index (χ2v) is 10.1. The van der Waals surface area contributed by atoms with E-state index in [0.29, 0.717) is 47.3 Å². The van der Waals surface area contributed by atoms with Crippen LogP contribution in [0.3, 0.4) is 0 Å². The topological polar surface area (TPSA) is 75.5 Å². The van der Waals surface area contributed by atoms with Crippen LogP contribution in [0.1, 0.15) is 29.6 Å². The number of thioether (sulfide) groups is 1. The molecule has 0 spiro atoms. The van der Waals surface area contributed by atoms with Crippen molar-refractivity contribution in [1.82, 2.24) is 19.4 Å². The van der Waals surface area contributed by atoms with Gasteiger partial charge in [0.25, 0.3) is 11.5 Å². The van der Waals surface area contributed by atoms with Crippen molar-refractivity contribution >= 4 is 57.4 Å². The van der Waals surface area contributed by atoms with Gasteiger partial charge in [-0.3, -0.25) is 19.0 Å². The van der Waals surface area contributed by atoms with Gasteiger partial charge in [0.15, 0.2) is 5.16 Å². The first-order valence-electron chi connectivity index (χ1n) is 10.3. The first-order chi connectivity index (χ1) is 15.3. The van der Waals surface area contributed by atoms with Crippen LogP contribution in [0.15, 0.2) is 45.7 Å². The number of amides is 2. The van der Waals surface area contributed by atoms with E-state index in [1.165, 1.54) is 23.1 Å². The van der Waals surface area contributed by atoms with Crippen LogP contribution >= 0.6 is 34.7 Å². The van der Waals surface area contributed by atoms with E-state index in [2.05, 4.69) is 4.98 Å². The van der Waals surface area contributed by atoms with Gasteiger partial charge in [-0.15, -0.1) is 11.3 Å². The highest BCUT2D eigenvalue weighted by Gasteiger charge is 2.26. The van der Waals surface area contributed by atoms with E-state index in [-0.39, 0.29) is 29.2 Å². The Hall–Kier alpha value is -2.36. The van der Waals surface area contributed by atoms with Gasteiger partial charge in [-0.25, -0.2) is 4.98 Å². The molecule has 1 saturated heterocycles. The Labute approximate surface area is 199 Å². The van der Waals surface area contributed by atoms with Gasteiger partial charge >= 0.3 is 0 Å². The Bertz CT molecular complexity index is 1200. The molecule has 7 nitrogen and oxygen atoms in total. The lowest BCUT2D eigenvalue weighted by molar-refractivity contribution is -0.129. The van der Waals surface area contributed by atoms with Crippen molar-refractivity contribution in [2.45, 2.75) is 25.0 Å². The summed E-state index contributed by atoms with van der Waals surface area (Å²) in [6, 6.07) is 8.61. The molecule has 0 atom stereocenters. The van der Waals surface area contributed by atoms with Crippen molar-refractivity contribution in [3.05, 3.63) is 56.0 Å². The first-order valence-corrected chi connectivity index (χ1v) is 12.5. The monoisotopic (exact) mass is 490 g/mol. The third-order valence-electron chi connectivity index (χ3n) is 5.32. The van der Waals surface area contributed by atoms with Gasteiger partial charge in [-0.1, -0.05) is 29.4 Å². The van der Waals surface area contributed by atoms with Crippen molar-refractivity contribution in [3.63, 3.8) is 0 Å². The minimum absolute atomic E-state index is 0.0152. The number of carbonyl (C=O) groups excluding carboxylic acids is 2. The Morgan fingerprint density at radius 3 is 2.53 bits per heavy atom. The number of benzene rings is 1. The zero-order valence-electron chi connectivity index (χ0n) is 17.8. The largest absolute Gasteiger partial charge is 0.338 e. The smallest absolute Gasteiger partial charge is 0.264 e. The molecule has 0 bridgehead atoms. The maximum absolute atomic E-state index is 13.0. The van der Waals surface area contributed by atoms with Gasteiger partial charge in [0, 0.05) is 37.2 Å². The number of aromatic nitrogens is 2. The van der Waals surface area contributed by atoms with E-state index in [1.807, 2.05) is 31.4 Å². The minimum atomic E-state index is -0.141. The SMILES string of the molecule is CC(C)n1c(SCC(=O)N2CCN(C(=O)c3cccs3)CC2)nc2cc(Cl)ccc2c1=O. The molecule has 10 heteroatoms. The van der Waals surface area contributed by atoms with E-state index in [9.17, 15) is 14.4 Å². The van der Waals surface area contributed by atoms with E-state index in [4.69, 9.17) is 11.6 Å². The summed E-state index contributed by atoms with van der Waals surface area (Å²) in [6.45, 7) is 5.84. The number of nitrogens with zero attached hydrogens (tertiary/aromatic N) is 4. The molecule has 1 aliphatic heterocycles. The lowest BCUT2D eigenvalue weighted by Gasteiger charge is -2.34. The molecule has 0 radical (unpaired) electrons. The van der Waals surface area contributed by atoms with Crippen molar-refractivity contribution in [2.24, 2.45) is 0 Å². The van der Waals surface area contributed by atoms with Crippen LogP contribution in [0.2, 0.25) is 5.02 Å². The van der Waals surface area contributed by atoms with Crippen molar-refractivity contribution in [3.8, 4) is 0 Å². The molecule has 1 aliphatic rings. The number of carbonyl (C=O) groups is 2. The molecule has 2 aromatic heterocycles. The van der Waals surface area contributed by atoms with E-state index in [0.717, 1.165) is 4.88 Å². The fourth-order valence-electron chi connectivity index (χ4n) is 3.64. The third-order valence-corrected chi connectivity index (χ3v) is 7.35. The Kier molecular flexibility index (Phi) is 6.88. The molecule has 0 saturated carbocycles. The van der Waals surface area contributed by atoms with Gasteiger partial charge in [-0.05, 0) is 43.5 Å². The summed E-state index contributed by atoms with van der Waals surface area (Å²) in [5.74, 6) is 0.153. The maximum atomic E-state index is 13.0. The van der Waals surface area contributed by atoms with Crippen LogP contribution in [0, 0.1) is 0 Å². The molecule has 1 fully saturated rings. The lowest BCUT2D eigenvalue weighted by atomic mass is 10.2. The summed E-state index contributed by atoms with van der Waals surface area (Å²) < 4.78 is 1.62. The minimum Gasteiger partial charge on any atom is -0.338 e. The van der Waals surface area contributed by atoms with Crippen LogP contribution in [0.25, 0.3) is 10.9 Å². The van der Waals surface area contributed by atoms with Crippen LogP contribution in [0.4, 0.5) is 0 Å². The number of halogens is 1. The molecule has 2 amide bonds. The average Bonchev–Trinajstić information content (AvgIpc) is 3.31. The molecular weight excluding hydrogens is 468 g/mol. The molecule has 0 unspecified atom stereocenters. The van der Waals surface area contributed by atoms with Gasteiger partial charge in [0.2, 0.25) is 5.91 Å². The summed E-state index contributed by atoms with van der Waals surface area (Å²) in [7, 11) is 0. The van der Waals surface area contributed by atoms with Crippen molar-refractivity contribution < 1.29 is 9.59 Å². The highest BCUT2D eigenvalue weighted by Crippen LogP contribution is 2.23. The van der Waals surface area contributed by atoms with E-state index in [1.54, 1.807) is 32.6 Å². The predicted molar refractivity (Wildman–Crippen MR) is 129 cm³/mol. The fourth-order valence-corrected chi connectivity index (χ4v) is 5.53. The number of fused-ring (bicyclic) bond motifs is 1. The van der Waals surface area contributed by atoms with Gasteiger partial charge in [-0.2, -0.15) is 0 Å². The number of thiophene rings is 1. The highest BCUT2D eigenvalue weighted by atomic mass is 35.5. The van der Waals surface area contributed by atoms with Crippen LogP contribution in [-0.4, -0.2) is 63.1 Å². The predicted octanol–water partition coefficient (Wildman–Crippen LogP) is 3.77. The molecule has 168 valence electrons. The molecule has 0 N–H and O–H groups in total. The second-order valence-electron chi connectivity index (χ2n) is 7.76. The average molecular weight is 491 g/mol. The molecule has 0 aliphatic carbocycles. The number of hydrogen-bond donors (Lipinski definition) is 0. The summed E-state index contributed by atoms with van der Waals surface area (Å²) in [6.07, 6.45) is 0. The lowest BCUT2D eigenvalue weighted by Crippen LogP contribution is -2.51. The van der Waals surface area contributed by atoms with Crippen LogP contribution in [-0.2, 0) is 4.79 Å². The fraction of sp³-hybridized carbons (Fsp3) is 0.364. The van der Waals surface area contributed by atoms with Crippen molar-refractivity contribution in [2.75, 3.05) is 31.9 Å². The van der Waals surface area contributed by atoms with Gasteiger partial charge in [0.1, 0.15) is 0 Å². The Balaban J connectivity index is 1.43. The van der Waals surface area contributed by atoms with E-state index >= 15 is 0 Å². The Morgan fingerprint density at radius 2 is 1.88 bits per heavy atom. The van der Waals surface area contributed by atoms with E-state index < -0.39 is 0 Å². The molecule has 4 rings (SSSR count). The highest BCUT2D eigenvalue weighted by molar-refractivity contribution is 7.99. The van der Waals surface area contributed by atoms with Crippen molar-refractivity contribution in [1.29, 1.82) is 0 Å². The number of piperazine rings is 1. The molecular formula is C22H23ClN4O3S2. The second kappa shape index (κ2) is 9.64. The number of rotatable bonds is 5. The maximum Gasteiger partial charge on any atom is 0.264 e. The van der Waals surface area contributed by atoms with Crippen LogP contribution in [0.5, 0.6) is 0 Å². The summed E-state index contributed by atoms with van der Waals surface area (Å²) in [4.78, 5) is 47.2. The zero-order valence-corrected chi connectivity index (χ0v) is 20.2. The molecule has 32 heavy (non-hydrogen) atoms. The third kappa shape index (κ3) is 4.69. The standard InChI is InChI=1S/C22H23ClN4O3S2/c1-14(2)27-20(29)16-6-5-15(23)12-17(16)24-22(27)32-13-19(28)25-7-9-26(10-8-25)21(30)18-4-3-11-31-18/h3-6,11-12,14H,7-10,13H2,1-2H3. The Morgan fingerprint density at radius 1 is 1.16 bits per heavy atom. The summed E-state index contributed by atoms with van der Waals surface area (Å²) in [5, 5.41) is 3.40. The normalized spacial score (nSPS) is 14.4. The summed E-state index contributed by atoms with van der Waals surface area (Å²) >= 11 is 8.76.